The van der Waals surface area contributed by atoms with E-state index in [9.17, 15) is 17.6 Å². The van der Waals surface area contributed by atoms with E-state index >= 15 is 0 Å². The third-order valence-electron chi connectivity index (χ3n) is 3.14. The van der Waals surface area contributed by atoms with E-state index in [0.29, 0.717) is 12.1 Å². The summed E-state index contributed by atoms with van der Waals surface area (Å²) in [5, 5.41) is 5.85. The van der Waals surface area contributed by atoms with Gasteiger partial charge in [0.2, 0.25) is 15.9 Å². The van der Waals surface area contributed by atoms with Crippen LogP contribution in [0.1, 0.15) is 19.3 Å². The number of amides is 1. The molecule has 1 unspecified atom stereocenters. The van der Waals surface area contributed by atoms with Gasteiger partial charge in [-0.05, 0) is 37.6 Å². The summed E-state index contributed by atoms with van der Waals surface area (Å²) in [5.41, 5.74) is 0.167. The van der Waals surface area contributed by atoms with Gasteiger partial charge in [-0.2, -0.15) is 0 Å². The Bertz CT molecular complexity index is 633. The minimum atomic E-state index is -3.58. The fourth-order valence-corrected chi connectivity index (χ4v) is 2.80. The first-order valence-electron chi connectivity index (χ1n) is 6.64. The second kappa shape index (κ2) is 7.75. The minimum Gasteiger partial charge on any atom is -0.326 e. The lowest BCUT2D eigenvalue weighted by Crippen LogP contribution is -2.27. The standard InChI is InChI=1S/C13H18FN3O3S.ClH/c1-21(19,20)17-12-7-10(4-5-11(12)14)16-13(18)8-9-3-2-6-15-9;/h4-5,7,9,15,17H,2-3,6,8H2,1H3,(H,16,18);1H. The van der Waals surface area contributed by atoms with Crippen LogP contribution in [0.2, 0.25) is 0 Å². The number of sulfonamides is 1. The van der Waals surface area contributed by atoms with Crippen molar-refractivity contribution in [3.8, 4) is 0 Å². The Morgan fingerprint density at radius 3 is 2.77 bits per heavy atom. The second-order valence-electron chi connectivity index (χ2n) is 5.11. The number of rotatable bonds is 5. The van der Waals surface area contributed by atoms with E-state index < -0.39 is 15.8 Å². The van der Waals surface area contributed by atoms with Crippen LogP contribution in [-0.4, -0.2) is 33.2 Å². The summed E-state index contributed by atoms with van der Waals surface area (Å²) in [6, 6.07) is 3.93. The van der Waals surface area contributed by atoms with Crippen molar-refractivity contribution in [2.24, 2.45) is 0 Å². The lowest BCUT2D eigenvalue weighted by Gasteiger charge is -2.12. The third kappa shape index (κ3) is 5.78. The van der Waals surface area contributed by atoms with Crippen LogP contribution in [-0.2, 0) is 14.8 Å². The van der Waals surface area contributed by atoms with Gasteiger partial charge in [-0.15, -0.1) is 12.4 Å². The Kier molecular flexibility index (Phi) is 6.58. The quantitative estimate of drug-likeness (QED) is 0.753. The van der Waals surface area contributed by atoms with Crippen molar-refractivity contribution >= 4 is 39.7 Å². The number of nitrogens with one attached hydrogen (secondary N) is 3. The smallest absolute Gasteiger partial charge is 0.229 e. The summed E-state index contributed by atoms with van der Waals surface area (Å²) in [5.74, 6) is -0.887. The van der Waals surface area contributed by atoms with E-state index in [-0.39, 0.29) is 30.0 Å². The van der Waals surface area contributed by atoms with Gasteiger partial charge in [0, 0.05) is 18.2 Å². The van der Waals surface area contributed by atoms with Gasteiger partial charge in [0.25, 0.3) is 0 Å². The molecule has 1 saturated heterocycles. The van der Waals surface area contributed by atoms with Gasteiger partial charge in [-0.25, -0.2) is 12.8 Å². The van der Waals surface area contributed by atoms with Crippen LogP contribution in [0.3, 0.4) is 0 Å². The van der Waals surface area contributed by atoms with E-state index in [1.807, 2.05) is 0 Å². The number of hydrogen-bond acceptors (Lipinski definition) is 4. The normalized spacial score (nSPS) is 17.6. The summed E-state index contributed by atoms with van der Waals surface area (Å²) in [7, 11) is -3.58. The van der Waals surface area contributed by atoms with Gasteiger partial charge in [0.15, 0.2) is 0 Å². The van der Waals surface area contributed by atoms with Gasteiger partial charge in [-0.3, -0.25) is 9.52 Å². The van der Waals surface area contributed by atoms with Crippen LogP contribution in [0.4, 0.5) is 15.8 Å². The molecular formula is C13H19ClFN3O3S. The molecule has 1 heterocycles. The first kappa shape index (κ1) is 18.7. The van der Waals surface area contributed by atoms with E-state index in [0.717, 1.165) is 31.7 Å². The maximum Gasteiger partial charge on any atom is 0.229 e. The molecule has 1 aliphatic heterocycles. The van der Waals surface area contributed by atoms with Crippen LogP contribution < -0.4 is 15.4 Å². The zero-order chi connectivity index (χ0) is 15.5. The maximum atomic E-state index is 13.5. The topological polar surface area (TPSA) is 87.3 Å². The first-order valence-corrected chi connectivity index (χ1v) is 8.53. The Labute approximate surface area is 135 Å². The van der Waals surface area contributed by atoms with Gasteiger partial charge in [0.1, 0.15) is 5.82 Å². The average Bonchev–Trinajstić information content (AvgIpc) is 2.84. The number of benzene rings is 1. The van der Waals surface area contributed by atoms with Crippen molar-refractivity contribution in [1.82, 2.24) is 5.32 Å². The summed E-state index contributed by atoms with van der Waals surface area (Å²) in [6.45, 7) is 0.914. The molecular weight excluding hydrogens is 333 g/mol. The van der Waals surface area contributed by atoms with E-state index in [4.69, 9.17) is 0 Å². The Hall–Kier alpha value is -1.38. The van der Waals surface area contributed by atoms with Crippen LogP contribution in [0, 0.1) is 5.82 Å². The fraction of sp³-hybridized carbons (Fsp3) is 0.462. The molecule has 0 aromatic heterocycles. The van der Waals surface area contributed by atoms with Crippen LogP contribution in [0.25, 0.3) is 0 Å². The Morgan fingerprint density at radius 1 is 1.45 bits per heavy atom. The second-order valence-corrected chi connectivity index (χ2v) is 6.86. The van der Waals surface area contributed by atoms with Crippen LogP contribution >= 0.6 is 12.4 Å². The highest BCUT2D eigenvalue weighted by Gasteiger charge is 2.18. The van der Waals surface area contributed by atoms with Crippen LogP contribution in [0.15, 0.2) is 18.2 Å². The molecule has 1 aliphatic rings. The lowest BCUT2D eigenvalue weighted by atomic mass is 10.1. The molecule has 1 aromatic carbocycles. The molecule has 22 heavy (non-hydrogen) atoms. The third-order valence-corrected chi connectivity index (χ3v) is 3.73. The zero-order valence-electron chi connectivity index (χ0n) is 12.1. The van der Waals surface area contributed by atoms with Crippen molar-refractivity contribution in [3.63, 3.8) is 0 Å². The highest BCUT2D eigenvalue weighted by atomic mass is 35.5. The molecule has 1 atom stereocenters. The van der Waals surface area contributed by atoms with Gasteiger partial charge < -0.3 is 10.6 Å². The first-order chi connectivity index (χ1) is 9.83. The number of anilines is 2. The lowest BCUT2D eigenvalue weighted by molar-refractivity contribution is -0.116. The summed E-state index contributed by atoms with van der Waals surface area (Å²) >= 11 is 0. The zero-order valence-corrected chi connectivity index (χ0v) is 13.7. The van der Waals surface area contributed by atoms with E-state index in [2.05, 4.69) is 15.4 Å². The predicted octanol–water partition coefficient (Wildman–Crippen LogP) is 1.70. The van der Waals surface area contributed by atoms with Crippen molar-refractivity contribution in [2.75, 3.05) is 22.8 Å². The number of carbonyl (C=O) groups excluding carboxylic acids is 1. The van der Waals surface area contributed by atoms with Crippen LogP contribution in [0.5, 0.6) is 0 Å². The molecule has 1 aromatic rings. The molecule has 1 amide bonds. The monoisotopic (exact) mass is 351 g/mol. The average molecular weight is 352 g/mol. The number of halogens is 2. The maximum absolute atomic E-state index is 13.5. The molecule has 0 saturated carbocycles. The highest BCUT2D eigenvalue weighted by molar-refractivity contribution is 7.92. The van der Waals surface area contributed by atoms with Crippen molar-refractivity contribution in [2.45, 2.75) is 25.3 Å². The molecule has 2 rings (SSSR count). The molecule has 1 fully saturated rings. The number of carbonyl (C=O) groups is 1. The molecule has 9 heteroatoms. The largest absolute Gasteiger partial charge is 0.326 e. The molecule has 0 radical (unpaired) electrons. The summed E-state index contributed by atoms with van der Waals surface area (Å²) in [4.78, 5) is 11.9. The molecule has 0 aliphatic carbocycles. The molecule has 0 spiro atoms. The van der Waals surface area contributed by atoms with Gasteiger partial charge in [-0.1, -0.05) is 0 Å². The van der Waals surface area contributed by atoms with E-state index in [1.54, 1.807) is 0 Å². The molecule has 6 nitrogen and oxygen atoms in total. The number of hydrogen-bond donors (Lipinski definition) is 3. The van der Waals surface area contributed by atoms with Gasteiger partial charge >= 0.3 is 0 Å². The summed E-state index contributed by atoms with van der Waals surface area (Å²) in [6.07, 6.45) is 3.28. The van der Waals surface area contributed by atoms with Crippen molar-refractivity contribution < 1.29 is 17.6 Å². The molecule has 3 N–H and O–H groups in total. The summed E-state index contributed by atoms with van der Waals surface area (Å²) < 4.78 is 37.9. The minimum absolute atomic E-state index is 0. The highest BCUT2D eigenvalue weighted by Crippen LogP contribution is 2.21. The van der Waals surface area contributed by atoms with E-state index in [1.165, 1.54) is 12.1 Å². The van der Waals surface area contributed by atoms with Crippen molar-refractivity contribution in [3.05, 3.63) is 24.0 Å². The molecule has 124 valence electrons. The SMILES string of the molecule is CS(=O)(=O)Nc1cc(NC(=O)CC2CCCN2)ccc1F.Cl. The fourth-order valence-electron chi connectivity index (χ4n) is 2.25. The van der Waals surface area contributed by atoms with Crippen molar-refractivity contribution in [1.29, 1.82) is 0 Å². The Balaban J connectivity index is 0.00000242. The molecule has 0 bridgehead atoms. The predicted molar refractivity (Wildman–Crippen MR) is 86.4 cm³/mol. The van der Waals surface area contributed by atoms with Gasteiger partial charge in [0.05, 0.1) is 11.9 Å². The Morgan fingerprint density at radius 2 is 2.18 bits per heavy atom.